The van der Waals surface area contributed by atoms with Crippen LogP contribution in [0, 0.1) is 0 Å². The number of imide groups is 1. The first kappa shape index (κ1) is 20.1. The van der Waals surface area contributed by atoms with Gasteiger partial charge in [0.1, 0.15) is 0 Å². The molecule has 0 radical (unpaired) electrons. The molecule has 2 aromatic carbocycles. The van der Waals surface area contributed by atoms with Gasteiger partial charge in [0.25, 0.3) is 11.8 Å². The molecule has 2 aromatic rings. The van der Waals surface area contributed by atoms with Gasteiger partial charge in [0.05, 0.1) is 11.1 Å². The fourth-order valence-corrected chi connectivity index (χ4v) is 3.47. The SMILES string of the molecule is O=C(NCCCc1ccccc1)NCCCN1C(=O)c2ccc(Br)cc2C1=O. The van der Waals surface area contributed by atoms with E-state index in [4.69, 9.17) is 0 Å². The van der Waals surface area contributed by atoms with Gasteiger partial charge in [-0.15, -0.1) is 0 Å². The Labute approximate surface area is 172 Å². The van der Waals surface area contributed by atoms with Crippen molar-refractivity contribution in [2.45, 2.75) is 19.3 Å². The van der Waals surface area contributed by atoms with E-state index in [0.717, 1.165) is 17.3 Å². The maximum atomic E-state index is 12.4. The van der Waals surface area contributed by atoms with Crippen LogP contribution in [0.1, 0.15) is 39.1 Å². The van der Waals surface area contributed by atoms with E-state index in [9.17, 15) is 14.4 Å². The third-order valence-electron chi connectivity index (χ3n) is 4.55. The summed E-state index contributed by atoms with van der Waals surface area (Å²) in [5.41, 5.74) is 2.10. The quantitative estimate of drug-likeness (QED) is 0.484. The molecule has 0 saturated heterocycles. The number of fused-ring (bicyclic) bond motifs is 1. The van der Waals surface area contributed by atoms with Crippen LogP contribution in [0.5, 0.6) is 0 Å². The standard InChI is InChI=1S/C21H22BrN3O3/c22-16-9-10-17-18(14-16)20(27)25(19(17)26)13-5-12-24-21(28)23-11-4-8-15-6-2-1-3-7-15/h1-3,6-7,9-10,14H,4-5,8,11-13H2,(H2,23,24,28). The molecule has 7 heteroatoms. The maximum absolute atomic E-state index is 12.4. The Kier molecular flexibility index (Phi) is 6.81. The molecule has 0 bridgehead atoms. The molecule has 1 aliphatic rings. The van der Waals surface area contributed by atoms with E-state index in [2.05, 4.69) is 38.7 Å². The third-order valence-corrected chi connectivity index (χ3v) is 5.04. The fraction of sp³-hybridized carbons (Fsp3) is 0.286. The van der Waals surface area contributed by atoms with Crippen LogP contribution in [0.2, 0.25) is 0 Å². The van der Waals surface area contributed by atoms with Crippen LogP contribution in [0.25, 0.3) is 0 Å². The monoisotopic (exact) mass is 443 g/mol. The molecule has 0 spiro atoms. The van der Waals surface area contributed by atoms with E-state index in [1.165, 1.54) is 10.5 Å². The predicted molar refractivity (Wildman–Crippen MR) is 110 cm³/mol. The summed E-state index contributed by atoms with van der Waals surface area (Å²) < 4.78 is 0.764. The first-order valence-corrected chi connectivity index (χ1v) is 10.1. The van der Waals surface area contributed by atoms with Crippen molar-refractivity contribution in [3.63, 3.8) is 0 Å². The predicted octanol–water partition coefficient (Wildman–Crippen LogP) is 3.37. The molecule has 1 heterocycles. The van der Waals surface area contributed by atoms with Crippen molar-refractivity contribution in [3.8, 4) is 0 Å². The van der Waals surface area contributed by atoms with Gasteiger partial charge in [0.2, 0.25) is 0 Å². The number of nitrogens with one attached hydrogen (secondary N) is 2. The minimum atomic E-state index is -0.285. The molecule has 0 unspecified atom stereocenters. The van der Waals surface area contributed by atoms with Crippen molar-refractivity contribution in [3.05, 3.63) is 69.7 Å². The van der Waals surface area contributed by atoms with E-state index in [1.807, 2.05) is 18.2 Å². The Bertz CT molecular complexity index is 870. The number of rotatable bonds is 8. The molecular formula is C21H22BrN3O3. The van der Waals surface area contributed by atoms with Gasteiger partial charge < -0.3 is 10.6 Å². The Balaban J connectivity index is 1.33. The molecular weight excluding hydrogens is 422 g/mol. The average Bonchev–Trinajstić information content (AvgIpc) is 2.93. The van der Waals surface area contributed by atoms with Crippen molar-refractivity contribution >= 4 is 33.8 Å². The number of urea groups is 1. The first-order valence-electron chi connectivity index (χ1n) is 9.27. The smallest absolute Gasteiger partial charge is 0.314 e. The van der Waals surface area contributed by atoms with E-state index in [-0.39, 0.29) is 24.4 Å². The number of aryl methyl sites for hydroxylation is 1. The zero-order valence-corrected chi connectivity index (χ0v) is 17.0. The highest BCUT2D eigenvalue weighted by Gasteiger charge is 2.34. The van der Waals surface area contributed by atoms with Crippen LogP contribution >= 0.6 is 15.9 Å². The second-order valence-corrected chi connectivity index (χ2v) is 7.49. The number of hydrogen-bond acceptors (Lipinski definition) is 3. The summed E-state index contributed by atoms with van der Waals surface area (Å²) >= 11 is 3.31. The molecule has 28 heavy (non-hydrogen) atoms. The summed E-state index contributed by atoms with van der Waals surface area (Å²) in [5, 5.41) is 5.57. The van der Waals surface area contributed by atoms with Gasteiger partial charge in [0.15, 0.2) is 0 Å². The Morgan fingerprint density at radius 3 is 2.32 bits per heavy atom. The van der Waals surface area contributed by atoms with Gasteiger partial charge in [-0.05, 0) is 43.0 Å². The molecule has 4 amide bonds. The van der Waals surface area contributed by atoms with Gasteiger partial charge >= 0.3 is 6.03 Å². The number of nitrogens with zero attached hydrogens (tertiary/aromatic N) is 1. The summed E-state index contributed by atoms with van der Waals surface area (Å²) in [6.07, 6.45) is 2.28. The van der Waals surface area contributed by atoms with Crippen LogP contribution in [-0.2, 0) is 6.42 Å². The Morgan fingerprint density at radius 1 is 0.893 bits per heavy atom. The summed E-state index contributed by atoms with van der Waals surface area (Å²) in [6.45, 7) is 1.26. The Morgan fingerprint density at radius 2 is 1.57 bits per heavy atom. The van der Waals surface area contributed by atoms with Gasteiger partial charge in [-0.3, -0.25) is 14.5 Å². The van der Waals surface area contributed by atoms with Crippen molar-refractivity contribution in [1.29, 1.82) is 0 Å². The van der Waals surface area contributed by atoms with Crippen LogP contribution in [0.4, 0.5) is 4.79 Å². The number of hydrogen-bond donors (Lipinski definition) is 2. The van der Waals surface area contributed by atoms with Crippen LogP contribution in [-0.4, -0.2) is 42.4 Å². The second kappa shape index (κ2) is 9.50. The van der Waals surface area contributed by atoms with Gasteiger partial charge in [-0.2, -0.15) is 0 Å². The fourth-order valence-electron chi connectivity index (χ4n) is 3.11. The molecule has 0 saturated carbocycles. The van der Waals surface area contributed by atoms with E-state index in [0.29, 0.717) is 30.6 Å². The number of benzene rings is 2. The average molecular weight is 444 g/mol. The van der Waals surface area contributed by atoms with Gasteiger partial charge in [-0.25, -0.2) is 4.79 Å². The van der Waals surface area contributed by atoms with Crippen molar-refractivity contribution in [1.82, 2.24) is 15.5 Å². The van der Waals surface area contributed by atoms with Crippen molar-refractivity contribution < 1.29 is 14.4 Å². The topological polar surface area (TPSA) is 78.5 Å². The zero-order valence-electron chi connectivity index (χ0n) is 15.4. The highest BCUT2D eigenvalue weighted by Crippen LogP contribution is 2.25. The summed E-state index contributed by atoms with van der Waals surface area (Å²) in [6, 6.07) is 14.9. The number of amides is 4. The highest BCUT2D eigenvalue weighted by molar-refractivity contribution is 9.10. The first-order chi connectivity index (χ1) is 13.6. The molecule has 0 fully saturated rings. The Hall–Kier alpha value is -2.67. The summed E-state index contributed by atoms with van der Waals surface area (Å²) in [4.78, 5) is 37.7. The lowest BCUT2D eigenvalue weighted by Gasteiger charge is -2.14. The lowest BCUT2D eigenvalue weighted by Crippen LogP contribution is -2.38. The van der Waals surface area contributed by atoms with E-state index >= 15 is 0 Å². The second-order valence-electron chi connectivity index (χ2n) is 6.58. The lowest BCUT2D eigenvalue weighted by atomic mass is 10.1. The largest absolute Gasteiger partial charge is 0.338 e. The zero-order chi connectivity index (χ0) is 19.9. The lowest BCUT2D eigenvalue weighted by molar-refractivity contribution is 0.0653. The highest BCUT2D eigenvalue weighted by atomic mass is 79.9. The molecule has 0 atom stereocenters. The van der Waals surface area contributed by atoms with Crippen molar-refractivity contribution in [2.24, 2.45) is 0 Å². The van der Waals surface area contributed by atoms with Gasteiger partial charge in [0, 0.05) is 24.1 Å². The summed E-state index contributed by atoms with van der Waals surface area (Å²) in [5.74, 6) is -0.565. The van der Waals surface area contributed by atoms with E-state index < -0.39 is 0 Å². The molecule has 3 rings (SSSR count). The summed E-state index contributed by atoms with van der Waals surface area (Å²) in [7, 11) is 0. The molecule has 0 aliphatic carbocycles. The third kappa shape index (κ3) is 4.98. The molecule has 2 N–H and O–H groups in total. The molecule has 0 aromatic heterocycles. The normalized spacial score (nSPS) is 12.8. The molecule has 1 aliphatic heterocycles. The molecule has 6 nitrogen and oxygen atoms in total. The van der Waals surface area contributed by atoms with E-state index in [1.54, 1.807) is 18.2 Å². The van der Waals surface area contributed by atoms with Crippen LogP contribution < -0.4 is 10.6 Å². The minimum Gasteiger partial charge on any atom is -0.338 e. The van der Waals surface area contributed by atoms with Crippen LogP contribution in [0.3, 0.4) is 0 Å². The maximum Gasteiger partial charge on any atom is 0.314 e. The molecule has 146 valence electrons. The van der Waals surface area contributed by atoms with Crippen LogP contribution in [0.15, 0.2) is 53.0 Å². The number of halogens is 1. The minimum absolute atomic E-state index is 0.237. The number of carbonyl (C=O) groups excluding carboxylic acids is 3. The van der Waals surface area contributed by atoms with Crippen molar-refractivity contribution in [2.75, 3.05) is 19.6 Å². The van der Waals surface area contributed by atoms with Gasteiger partial charge in [-0.1, -0.05) is 46.3 Å². The number of carbonyl (C=O) groups is 3.